The molecule has 1 nitrogen and oxygen atoms in total. The van der Waals surface area contributed by atoms with Crippen LogP contribution in [-0.2, 0) is 0 Å². The van der Waals surface area contributed by atoms with Crippen LogP contribution in [0.25, 0.3) is 0 Å². The topological polar surface area (TPSA) is 0 Å². The molecule has 2 heteroatoms. The lowest BCUT2D eigenvalue weighted by Gasteiger charge is -2.28. The molecule has 272 valence electrons. The molecule has 0 radical (unpaired) electrons. The van der Waals surface area contributed by atoms with E-state index in [-0.39, 0.29) is 17.0 Å². The summed E-state index contributed by atoms with van der Waals surface area (Å²) < 4.78 is 1.16. The fourth-order valence-electron chi connectivity index (χ4n) is 6.82. The maximum atomic E-state index is 2.47. The highest BCUT2D eigenvalue weighted by atomic mass is 79.9. The van der Waals surface area contributed by atoms with E-state index in [2.05, 4.69) is 40.1 Å². The lowest BCUT2D eigenvalue weighted by Crippen LogP contribution is -3.00. The molecule has 0 atom stereocenters. The molecule has 0 aliphatic carbocycles. The first kappa shape index (κ1) is 47.3. The maximum Gasteiger partial charge on any atom is 0.0969 e. The Balaban J connectivity index is 0. The molecule has 0 aromatic carbocycles. The van der Waals surface area contributed by atoms with Crippen LogP contribution in [0, 0.1) is 0 Å². The third-order valence-electron chi connectivity index (χ3n) is 10.1. The van der Waals surface area contributed by atoms with Crippen molar-refractivity contribution in [1.29, 1.82) is 0 Å². The van der Waals surface area contributed by atoms with Gasteiger partial charge in [0.25, 0.3) is 0 Å². The minimum Gasteiger partial charge on any atom is -1.00 e. The Kier molecular flexibility index (Phi) is 42.4. The van der Waals surface area contributed by atoms with E-state index in [1.54, 1.807) is 0 Å². The summed E-state index contributed by atoms with van der Waals surface area (Å²) in [5, 5.41) is 0. The summed E-state index contributed by atoms with van der Waals surface area (Å²) >= 11 is 0. The van der Waals surface area contributed by atoms with Gasteiger partial charge in [0.15, 0.2) is 0 Å². The molecule has 45 heavy (non-hydrogen) atoms. The first-order chi connectivity index (χ1) is 21.6. The van der Waals surface area contributed by atoms with E-state index in [0.717, 1.165) is 4.48 Å². The van der Waals surface area contributed by atoms with Gasteiger partial charge in [0.05, 0.1) is 27.2 Å². The second-order valence-electron chi connectivity index (χ2n) is 15.4. The van der Waals surface area contributed by atoms with Crippen molar-refractivity contribution in [2.75, 3.05) is 27.2 Å². The predicted molar refractivity (Wildman–Crippen MR) is 204 cm³/mol. The van der Waals surface area contributed by atoms with Gasteiger partial charge in [-0.1, -0.05) is 219 Å². The van der Waals surface area contributed by atoms with Gasteiger partial charge in [0.2, 0.25) is 0 Å². The van der Waals surface area contributed by atoms with Crippen molar-refractivity contribution in [3.05, 3.63) is 12.2 Å². The number of halogens is 1. The summed E-state index contributed by atoms with van der Waals surface area (Å²) in [6.07, 6.45) is 55.8. The SMILES string of the molecule is CCCCCCCCCCCCCCCCCCCCC=CC[N+](C)(C)CCCCCCCCCCCCCCCCCC.[Br-]. The van der Waals surface area contributed by atoms with Crippen LogP contribution in [0.2, 0.25) is 0 Å². The lowest BCUT2D eigenvalue weighted by atomic mass is 10.0. The number of rotatable bonds is 38. The van der Waals surface area contributed by atoms with E-state index in [1.165, 1.54) is 238 Å². The average Bonchev–Trinajstić information content (AvgIpc) is 3.01. The summed E-state index contributed by atoms with van der Waals surface area (Å²) in [6, 6.07) is 0. The van der Waals surface area contributed by atoms with Crippen molar-refractivity contribution in [2.24, 2.45) is 0 Å². The van der Waals surface area contributed by atoms with Gasteiger partial charge in [-0.25, -0.2) is 0 Å². The smallest absolute Gasteiger partial charge is 0.0969 e. The van der Waals surface area contributed by atoms with Crippen molar-refractivity contribution >= 4 is 0 Å². The molecular weight excluding hydrogens is 610 g/mol. The molecule has 0 aromatic rings. The van der Waals surface area contributed by atoms with Gasteiger partial charge in [-0.05, 0) is 31.8 Å². The minimum atomic E-state index is 0. The number of quaternary nitrogens is 1. The molecule has 0 aliphatic heterocycles. The molecule has 0 amide bonds. The third kappa shape index (κ3) is 42.2. The fraction of sp³-hybridized carbons (Fsp3) is 0.953. The van der Waals surface area contributed by atoms with Crippen LogP contribution in [-0.4, -0.2) is 31.7 Å². The van der Waals surface area contributed by atoms with E-state index in [1.807, 2.05) is 0 Å². The Morgan fingerprint density at radius 2 is 0.556 bits per heavy atom. The number of likely N-dealkylation sites (N-methyl/N-ethyl adjacent to an activating group) is 1. The summed E-state index contributed by atoms with van der Waals surface area (Å²) in [5.74, 6) is 0. The molecule has 0 N–H and O–H groups in total. The Morgan fingerprint density at radius 3 is 0.844 bits per heavy atom. The normalized spacial score (nSPS) is 11.9. The summed E-state index contributed by atoms with van der Waals surface area (Å²) in [6.45, 7) is 7.16. The molecular formula is C43H88BrN. The molecule has 0 bridgehead atoms. The Hall–Kier alpha value is 0.180. The monoisotopic (exact) mass is 698 g/mol. The number of nitrogens with zero attached hydrogens (tertiary/aromatic N) is 1. The van der Waals surface area contributed by atoms with Crippen molar-refractivity contribution in [1.82, 2.24) is 0 Å². The van der Waals surface area contributed by atoms with Crippen LogP contribution in [0.1, 0.15) is 239 Å². The molecule has 0 heterocycles. The van der Waals surface area contributed by atoms with Gasteiger partial charge in [-0.3, -0.25) is 0 Å². The second-order valence-corrected chi connectivity index (χ2v) is 15.4. The molecule has 0 fully saturated rings. The van der Waals surface area contributed by atoms with Crippen LogP contribution in [0.3, 0.4) is 0 Å². The number of hydrogen-bond acceptors (Lipinski definition) is 0. The number of allylic oxidation sites excluding steroid dienone is 1. The quantitative estimate of drug-likeness (QED) is 0.0342. The summed E-state index contributed by atoms with van der Waals surface area (Å²) in [7, 11) is 4.85. The van der Waals surface area contributed by atoms with Crippen LogP contribution >= 0.6 is 0 Å². The Bertz CT molecular complexity index is 542. The van der Waals surface area contributed by atoms with Gasteiger partial charge >= 0.3 is 0 Å². The van der Waals surface area contributed by atoms with Gasteiger partial charge in [-0.15, -0.1) is 0 Å². The molecule has 0 spiro atoms. The summed E-state index contributed by atoms with van der Waals surface area (Å²) in [5.41, 5.74) is 0. The van der Waals surface area contributed by atoms with Crippen molar-refractivity contribution in [3.8, 4) is 0 Å². The zero-order chi connectivity index (χ0) is 32.1. The second kappa shape index (κ2) is 40.4. The highest BCUT2D eigenvalue weighted by Gasteiger charge is 2.11. The minimum absolute atomic E-state index is 0. The number of unbranched alkanes of at least 4 members (excludes halogenated alkanes) is 33. The van der Waals surface area contributed by atoms with Crippen molar-refractivity contribution in [3.63, 3.8) is 0 Å². The van der Waals surface area contributed by atoms with Gasteiger partial charge < -0.3 is 21.5 Å². The first-order valence-corrected chi connectivity index (χ1v) is 21.1. The standard InChI is InChI=1S/C43H88N.BrH/c1-5-7-9-11-13-15-17-19-21-23-24-25-26-27-29-31-33-35-37-39-41-43-44(3,4)42-40-38-36-34-32-30-28-22-20-18-16-14-12-10-8-6-2;/h39,41H,5-38,40,42-43H2,1-4H3;1H/q+1;/p-1. The Morgan fingerprint density at radius 1 is 0.311 bits per heavy atom. The van der Waals surface area contributed by atoms with Gasteiger partial charge in [-0.2, -0.15) is 0 Å². The predicted octanol–water partition coefficient (Wildman–Crippen LogP) is 12.3. The molecule has 0 unspecified atom stereocenters. The van der Waals surface area contributed by atoms with E-state index >= 15 is 0 Å². The first-order valence-electron chi connectivity index (χ1n) is 21.1. The van der Waals surface area contributed by atoms with Crippen LogP contribution in [0.4, 0.5) is 0 Å². The third-order valence-corrected chi connectivity index (χ3v) is 10.1. The largest absolute Gasteiger partial charge is 1.00 e. The van der Waals surface area contributed by atoms with Crippen LogP contribution < -0.4 is 17.0 Å². The molecule has 0 rings (SSSR count). The zero-order valence-corrected chi connectivity index (χ0v) is 33.7. The van der Waals surface area contributed by atoms with Gasteiger partial charge in [0, 0.05) is 0 Å². The van der Waals surface area contributed by atoms with Crippen molar-refractivity contribution in [2.45, 2.75) is 239 Å². The highest BCUT2D eigenvalue weighted by molar-refractivity contribution is 4.81. The van der Waals surface area contributed by atoms with Crippen LogP contribution in [0.15, 0.2) is 12.2 Å². The van der Waals surface area contributed by atoms with Gasteiger partial charge in [0.1, 0.15) is 0 Å². The van der Waals surface area contributed by atoms with E-state index in [9.17, 15) is 0 Å². The van der Waals surface area contributed by atoms with E-state index < -0.39 is 0 Å². The van der Waals surface area contributed by atoms with Crippen LogP contribution in [0.5, 0.6) is 0 Å². The molecule has 0 saturated heterocycles. The lowest BCUT2D eigenvalue weighted by molar-refractivity contribution is -0.884. The molecule has 0 aliphatic rings. The zero-order valence-electron chi connectivity index (χ0n) is 32.1. The highest BCUT2D eigenvalue weighted by Crippen LogP contribution is 2.16. The Labute approximate surface area is 298 Å². The molecule has 0 saturated carbocycles. The van der Waals surface area contributed by atoms with E-state index in [4.69, 9.17) is 0 Å². The van der Waals surface area contributed by atoms with E-state index in [0.29, 0.717) is 0 Å². The molecule has 0 aromatic heterocycles. The maximum absolute atomic E-state index is 2.47. The number of hydrogen-bond donors (Lipinski definition) is 0. The van der Waals surface area contributed by atoms with Crippen molar-refractivity contribution < 1.29 is 21.5 Å². The fourth-order valence-corrected chi connectivity index (χ4v) is 6.82. The average molecular weight is 699 g/mol. The summed E-state index contributed by atoms with van der Waals surface area (Å²) in [4.78, 5) is 0.